The molecule has 2 atom stereocenters. The Labute approximate surface area is 109 Å². The maximum absolute atomic E-state index is 2.50. The SMILES string of the molecule is Cc1ccc(C)c2c1CC[C@]13C=C[C@@]21CC=CC3. The number of allylic oxidation sites excluding steroid dienone is 4. The molecule has 0 unspecified atom stereocenters. The number of rotatable bonds is 0. The molecule has 0 nitrogen and oxygen atoms in total. The van der Waals surface area contributed by atoms with Gasteiger partial charge in [-0.1, -0.05) is 36.4 Å². The fourth-order valence-electron chi connectivity index (χ4n) is 4.61. The van der Waals surface area contributed by atoms with Gasteiger partial charge in [0.15, 0.2) is 0 Å². The van der Waals surface area contributed by atoms with Crippen molar-refractivity contribution in [1.29, 1.82) is 0 Å². The van der Waals surface area contributed by atoms with E-state index in [1.165, 1.54) is 36.8 Å². The molecule has 0 saturated heterocycles. The molecule has 1 aromatic carbocycles. The van der Waals surface area contributed by atoms with Crippen LogP contribution in [0, 0.1) is 19.3 Å². The molecule has 0 aliphatic heterocycles. The Hall–Kier alpha value is -1.30. The Balaban J connectivity index is 2.04. The van der Waals surface area contributed by atoms with Gasteiger partial charge in [0.25, 0.3) is 0 Å². The van der Waals surface area contributed by atoms with E-state index in [1.807, 2.05) is 0 Å². The predicted octanol–water partition coefficient (Wildman–Crippen LogP) is 4.39. The number of hydrogen-bond acceptors (Lipinski definition) is 0. The molecule has 92 valence electrons. The quantitative estimate of drug-likeness (QED) is 0.586. The lowest BCUT2D eigenvalue weighted by atomic mass is 9.43. The first-order chi connectivity index (χ1) is 8.69. The van der Waals surface area contributed by atoms with E-state index in [4.69, 9.17) is 0 Å². The van der Waals surface area contributed by atoms with Crippen LogP contribution in [-0.2, 0) is 11.8 Å². The molecule has 18 heavy (non-hydrogen) atoms. The van der Waals surface area contributed by atoms with Crippen LogP contribution in [0.5, 0.6) is 0 Å². The zero-order valence-electron chi connectivity index (χ0n) is 11.3. The maximum atomic E-state index is 2.50. The molecular formula is C18H20. The van der Waals surface area contributed by atoms with Crippen LogP contribution in [0.1, 0.15) is 41.5 Å². The molecule has 0 heteroatoms. The Bertz CT molecular complexity index is 590. The van der Waals surface area contributed by atoms with Gasteiger partial charge in [0.05, 0.1) is 0 Å². The minimum Gasteiger partial charge on any atom is -0.0876 e. The van der Waals surface area contributed by atoms with Gasteiger partial charge in [-0.2, -0.15) is 0 Å². The number of hydrogen-bond donors (Lipinski definition) is 0. The zero-order valence-corrected chi connectivity index (χ0v) is 11.3. The lowest BCUT2D eigenvalue weighted by Crippen LogP contribution is -2.53. The number of fused-ring (bicyclic) bond motifs is 1. The first kappa shape index (κ1) is 10.6. The van der Waals surface area contributed by atoms with Crippen LogP contribution in [0.25, 0.3) is 0 Å². The van der Waals surface area contributed by atoms with Crippen molar-refractivity contribution in [2.75, 3.05) is 0 Å². The van der Waals surface area contributed by atoms with Gasteiger partial charge in [-0.05, 0) is 61.8 Å². The highest BCUT2D eigenvalue weighted by atomic mass is 14.6. The maximum Gasteiger partial charge on any atom is 0.0266 e. The Morgan fingerprint density at radius 3 is 2.50 bits per heavy atom. The van der Waals surface area contributed by atoms with Gasteiger partial charge < -0.3 is 0 Å². The summed E-state index contributed by atoms with van der Waals surface area (Å²) in [7, 11) is 0. The molecule has 0 spiro atoms. The van der Waals surface area contributed by atoms with Gasteiger partial charge in [0, 0.05) is 10.8 Å². The van der Waals surface area contributed by atoms with Crippen molar-refractivity contribution in [2.24, 2.45) is 5.41 Å². The normalized spacial score (nSPS) is 35.4. The minimum atomic E-state index is 0.339. The number of benzene rings is 1. The summed E-state index contributed by atoms with van der Waals surface area (Å²) < 4.78 is 0. The summed E-state index contributed by atoms with van der Waals surface area (Å²) >= 11 is 0. The van der Waals surface area contributed by atoms with E-state index in [9.17, 15) is 0 Å². The van der Waals surface area contributed by atoms with E-state index >= 15 is 0 Å². The van der Waals surface area contributed by atoms with Crippen LogP contribution >= 0.6 is 0 Å². The largest absolute Gasteiger partial charge is 0.0876 e. The molecule has 1 aromatic rings. The molecule has 0 radical (unpaired) electrons. The van der Waals surface area contributed by atoms with Crippen molar-refractivity contribution in [2.45, 2.75) is 44.9 Å². The average Bonchev–Trinajstić information content (AvgIpc) is 2.36. The van der Waals surface area contributed by atoms with E-state index in [1.54, 1.807) is 11.1 Å². The summed E-state index contributed by atoms with van der Waals surface area (Å²) in [4.78, 5) is 0. The molecule has 0 saturated carbocycles. The van der Waals surface area contributed by atoms with Crippen LogP contribution in [0.15, 0.2) is 36.4 Å². The van der Waals surface area contributed by atoms with Crippen molar-refractivity contribution in [1.82, 2.24) is 0 Å². The van der Waals surface area contributed by atoms with Gasteiger partial charge >= 0.3 is 0 Å². The monoisotopic (exact) mass is 236 g/mol. The van der Waals surface area contributed by atoms with E-state index in [-0.39, 0.29) is 0 Å². The third-order valence-electron chi connectivity index (χ3n) is 5.69. The highest BCUT2D eigenvalue weighted by Crippen LogP contribution is 2.64. The fourth-order valence-corrected chi connectivity index (χ4v) is 4.61. The minimum absolute atomic E-state index is 0.339. The molecule has 0 aromatic heterocycles. The summed E-state index contributed by atoms with van der Waals surface area (Å²) in [5, 5.41) is 0. The van der Waals surface area contributed by atoms with Crippen molar-refractivity contribution in [3.63, 3.8) is 0 Å². The van der Waals surface area contributed by atoms with Crippen LogP contribution < -0.4 is 0 Å². The molecule has 3 aliphatic rings. The topological polar surface area (TPSA) is 0 Å². The predicted molar refractivity (Wildman–Crippen MR) is 75.9 cm³/mol. The highest BCUT2D eigenvalue weighted by Gasteiger charge is 2.57. The smallest absolute Gasteiger partial charge is 0.0266 e. The van der Waals surface area contributed by atoms with Gasteiger partial charge in [-0.15, -0.1) is 0 Å². The Morgan fingerprint density at radius 2 is 1.72 bits per heavy atom. The van der Waals surface area contributed by atoms with Crippen molar-refractivity contribution in [3.05, 3.63) is 58.7 Å². The van der Waals surface area contributed by atoms with Crippen molar-refractivity contribution >= 4 is 0 Å². The van der Waals surface area contributed by atoms with Gasteiger partial charge in [0.2, 0.25) is 0 Å². The van der Waals surface area contributed by atoms with Crippen LogP contribution in [0.2, 0.25) is 0 Å². The van der Waals surface area contributed by atoms with Gasteiger partial charge in [0.1, 0.15) is 0 Å². The van der Waals surface area contributed by atoms with Crippen LogP contribution in [0.4, 0.5) is 0 Å². The lowest BCUT2D eigenvalue weighted by Gasteiger charge is -2.60. The van der Waals surface area contributed by atoms with E-state index in [0.29, 0.717) is 10.8 Å². The molecule has 0 amide bonds. The first-order valence-corrected chi connectivity index (χ1v) is 7.14. The van der Waals surface area contributed by atoms with E-state index < -0.39 is 0 Å². The molecule has 4 rings (SSSR count). The van der Waals surface area contributed by atoms with E-state index in [2.05, 4.69) is 50.3 Å². The van der Waals surface area contributed by atoms with E-state index in [0.717, 1.165) is 0 Å². The van der Waals surface area contributed by atoms with Crippen molar-refractivity contribution < 1.29 is 0 Å². The first-order valence-electron chi connectivity index (χ1n) is 7.14. The van der Waals surface area contributed by atoms with Gasteiger partial charge in [-0.3, -0.25) is 0 Å². The molecule has 0 heterocycles. The highest BCUT2D eigenvalue weighted by molar-refractivity contribution is 5.57. The zero-order chi connectivity index (χ0) is 12.4. The molecule has 0 fully saturated rings. The summed E-state index contributed by atoms with van der Waals surface area (Å²) in [6.45, 7) is 4.58. The average molecular weight is 236 g/mol. The molecular weight excluding hydrogens is 216 g/mol. The van der Waals surface area contributed by atoms with Gasteiger partial charge in [-0.25, -0.2) is 0 Å². The lowest BCUT2D eigenvalue weighted by molar-refractivity contribution is 0.146. The summed E-state index contributed by atoms with van der Waals surface area (Å²) in [6.07, 6.45) is 14.9. The third kappa shape index (κ3) is 0.993. The summed E-state index contributed by atoms with van der Waals surface area (Å²) in [6, 6.07) is 4.63. The number of aryl methyl sites for hydroxylation is 2. The van der Waals surface area contributed by atoms with Crippen molar-refractivity contribution in [3.8, 4) is 0 Å². The molecule has 0 bridgehead atoms. The second-order valence-corrected chi connectivity index (χ2v) is 6.39. The third-order valence-corrected chi connectivity index (χ3v) is 5.69. The molecule has 3 aliphatic carbocycles. The second kappa shape index (κ2) is 3.17. The Kier molecular flexibility index (Phi) is 1.87. The summed E-state index contributed by atoms with van der Waals surface area (Å²) in [5.41, 5.74) is 7.09. The van der Waals surface area contributed by atoms with Crippen LogP contribution in [0.3, 0.4) is 0 Å². The summed E-state index contributed by atoms with van der Waals surface area (Å²) in [5.74, 6) is 0. The Morgan fingerprint density at radius 1 is 0.944 bits per heavy atom. The standard InChI is InChI=1S/C18H20/c1-13-5-6-14(2)16-15(13)7-10-17-8-3-4-9-18(16,17)12-11-17/h3-6,11-12H,7-10H2,1-2H3/t17-,18+/m1/s1. The second-order valence-electron chi connectivity index (χ2n) is 6.39. The van der Waals surface area contributed by atoms with Crippen LogP contribution in [-0.4, -0.2) is 0 Å². The molecule has 0 N–H and O–H groups in total. The fraction of sp³-hybridized carbons (Fsp3) is 0.444.